The molecule has 7 heteroatoms. The third kappa shape index (κ3) is 2.55. The van der Waals surface area contributed by atoms with Gasteiger partial charge in [0, 0.05) is 5.56 Å². The minimum Gasteiger partial charge on any atom is -0.244 e. The van der Waals surface area contributed by atoms with Crippen LogP contribution in [0.3, 0.4) is 0 Å². The molecule has 0 aromatic heterocycles. The van der Waals surface area contributed by atoms with E-state index in [1.165, 1.54) is 19.9 Å². The van der Waals surface area contributed by atoms with Gasteiger partial charge in [-0.3, -0.25) is 0 Å². The van der Waals surface area contributed by atoms with Crippen molar-refractivity contribution in [2.75, 3.05) is 6.67 Å². The summed E-state index contributed by atoms with van der Waals surface area (Å²) in [5, 5.41) is 0. The third-order valence-electron chi connectivity index (χ3n) is 2.68. The van der Waals surface area contributed by atoms with Gasteiger partial charge in [-0.2, -0.15) is 22.0 Å². The van der Waals surface area contributed by atoms with Crippen LogP contribution in [0.4, 0.5) is 30.7 Å². The molecule has 1 unspecified atom stereocenters. The van der Waals surface area contributed by atoms with Gasteiger partial charge >= 0.3 is 12.1 Å². The van der Waals surface area contributed by atoms with Gasteiger partial charge < -0.3 is 0 Å². The predicted octanol–water partition coefficient (Wildman–Crippen LogP) is 4.64. The first-order valence-electron chi connectivity index (χ1n) is 5.24. The van der Waals surface area contributed by atoms with E-state index in [-0.39, 0.29) is 11.1 Å². The van der Waals surface area contributed by atoms with Crippen LogP contribution in [-0.4, -0.2) is 18.8 Å². The highest BCUT2D eigenvalue weighted by atomic mass is 19.4. The van der Waals surface area contributed by atoms with Gasteiger partial charge in [0.25, 0.3) is 5.67 Å². The molecule has 1 aromatic rings. The van der Waals surface area contributed by atoms with Crippen LogP contribution in [0.15, 0.2) is 18.2 Å². The first kappa shape index (κ1) is 15.8. The number of benzene rings is 1. The Morgan fingerprint density at radius 3 is 1.58 bits per heavy atom. The molecule has 0 saturated heterocycles. The van der Waals surface area contributed by atoms with Crippen LogP contribution in [0.25, 0.3) is 0 Å². The third-order valence-corrected chi connectivity index (χ3v) is 2.68. The summed E-state index contributed by atoms with van der Waals surface area (Å²) in [7, 11) is 0. The zero-order valence-electron chi connectivity index (χ0n) is 10.1. The summed E-state index contributed by atoms with van der Waals surface area (Å²) in [6.07, 6.45) is -5.93. The van der Waals surface area contributed by atoms with Gasteiger partial charge in [-0.25, -0.2) is 8.78 Å². The standard InChI is InChI=1S/C12H11F7/c1-7-3-8(2)5-9(4-7)11(16,12(17,18)19)10(14,15)6-13/h3-5H,6H2,1-2H3. The Labute approximate surface area is 105 Å². The van der Waals surface area contributed by atoms with Crippen LogP contribution in [0, 0.1) is 13.8 Å². The fourth-order valence-corrected chi connectivity index (χ4v) is 1.85. The second-order valence-electron chi connectivity index (χ2n) is 4.37. The van der Waals surface area contributed by atoms with Gasteiger partial charge in [-0.15, -0.1) is 0 Å². The summed E-state index contributed by atoms with van der Waals surface area (Å²) in [6.45, 7) is -0.0717. The molecule has 1 rings (SSSR count). The number of rotatable bonds is 3. The summed E-state index contributed by atoms with van der Waals surface area (Å²) >= 11 is 0. The number of hydrogen-bond acceptors (Lipinski definition) is 0. The van der Waals surface area contributed by atoms with E-state index in [1.807, 2.05) is 0 Å². The van der Waals surface area contributed by atoms with Gasteiger partial charge in [0.05, 0.1) is 0 Å². The molecule has 0 aliphatic heterocycles. The average molecular weight is 288 g/mol. The van der Waals surface area contributed by atoms with Crippen molar-refractivity contribution in [1.82, 2.24) is 0 Å². The maximum absolute atomic E-state index is 14.1. The topological polar surface area (TPSA) is 0 Å². The predicted molar refractivity (Wildman–Crippen MR) is 55.7 cm³/mol. The highest BCUT2D eigenvalue weighted by Gasteiger charge is 2.72. The van der Waals surface area contributed by atoms with Crippen LogP contribution in [0.2, 0.25) is 0 Å². The van der Waals surface area contributed by atoms with Crippen molar-refractivity contribution in [2.24, 2.45) is 0 Å². The molecule has 0 spiro atoms. The molecule has 0 heterocycles. The van der Waals surface area contributed by atoms with Crippen LogP contribution >= 0.6 is 0 Å². The maximum atomic E-state index is 14.1. The number of aryl methyl sites for hydroxylation is 2. The van der Waals surface area contributed by atoms with E-state index in [9.17, 15) is 30.7 Å². The molecule has 0 bridgehead atoms. The highest BCUT2D eigenvalue weighted by Crippen LogP contribution is 2.52. The van der Waals surface area contributed by atoms with E-state index < -0.39 is 30.0 Å². The second-order valence-corrected chi connectivity index (χ2v) is 4.37. The lowest BCUT2D eigenvalue weighted by Gasteiger charge is -2.34. The lowest BCUT2D eigenvalue weighted by atomic mass is 9.87. The fourth-order valence-electron chi connectivity index (χ4n) is 1.85. The first-order chi connectivity index (χ1) is 8.45. The second kappa shape index (κ2) is 4.68. The lowest BCUT2D eigenvalue weighted by molar-refractivity contribution is -0.312. The Bertz CT molecular complexity index is 443. The zero-order valence-corrected chi connectivity index (χ0v) is 10.1. The van der Waals surface area contributed by atoms with E-state index in [2.05, 4.69) is 0 Å². The zero-order chi connectivity index (χ0) is 15.1. The summed E-state index contributed by atoms with van der Waals surface area (Å²) < 4.78 is 90.7. The maximum Gasteiger partial charge on any atom is 0.432 e. The van der Waals surface area contributed by atoms with Gasteiger partial charge in [0.15, 0.2) is 6.67 Å². The first-order valence-corrected chi connectivity index (χ1v) is 5.24. The molecule has 0 fully saturated rings. The molecule has 0 aliphatic carbocycles. The number of hydrogen-bond donors (Lipinski definition) is 0. The quantitative estimate of drug-likeness (QED) is 0.711. The van der Waals surface area contributed by atoms with Crippen LogP contribution in [0.1, 0.15) is 16.7 Å². The SMILES string of the molecule is Cc1cc(C)cc(C(F)(C(F)(F)F)C(F)(F)CF)c1. The Kier molecular flexibility index (Phi) is 3.89. The van der Waals surface area contributed by atoms with Crippen molar-refractivity contribution in [2.45, 2.75) is 31.6 Å². The van der Waals surface area contributed by atoms with Crippen LogP contribution < -0.4 is 0 Å². The molecular formula is C12H11F7. The molecule has 0 aliphatic rings. The average Bonchev–Trinajstić information content (AvgIpc) is 2.24. The molecule has 0 amide bonds. The van der Waals surface area contributed by atoms with E-state index in [1.54, 1.807) is 0 Å². The van der Waals surface area contributed by atoms with E-state index in [0.717, 1.165) is 0 Å². The minimum absolute atomic E-state index is 0.177. The summed E-state index contributed by atoms with van der Waals surface area (Å²) in [5.74, 6) is -5.19. The highest BCUT2D eigenvalue weighted by molar-refractivity contribution is 5.35. The van der Waals surface area contributed by atoms with E-state index in [0.29, 0.717) is 12.1 Å². The molecule has 108 valence electrons. The smallest absolute Gasteiger partial charge is 0.244 e. The Balaban J connectivity index is 3.58. The van der Waals surface area contributed by atoms with Crippen LogP contribution in [-0.2, 0) is 5.67 Å². The fraction of sp³-hybridized carbons (Fsp3) is 0.500. The summed E-state index contributed by atoms with van der Waals surface area (Å²) in [4.78, 5) is 0. The van der Waals surface area contributed by atoms with Gasteiger partial charge in [-0.05, 0) is 13.8 Å². The summed E-state index contributed by atoms with van der Waals surface area (Å²) in [6, 6.07) is 2.68. The number of alkyl halides is 7. The van der Waals surface area contributed by atoms with E-state index >= 15 is 0 Å². The van der Waals surface area contributed by atoms with Crippen molar-refractivity contribution < 1.29 is 30.7 Å². The molecule has 1 aromatic carbocycles. The van der Waals surface area contributed by atoms with Crippen molar-refractivity contribution >= 4 is 0 Å². The normalized spacial score (nSPS) is 16.3. The van der Waals surface area contributed by atoms with Gasteiger partial charge in [-0.1, -0.05) is 29.3 Å². The lowest BCUT2D eigenvalue weighted by Crippen LogP contribution is -2.54. The number of halogens is 7. The molecule has 19 heavy (non-hydrogen) atoms. The molecule has 1 atom stereocenters. The molecular weight excluding hydrogens is 277 g/mol. The monoisotopic (exact) mass is 288 g/mol. The van der Waals surface area contributed by atoms with Crippen molar-refractivity contribution in [3.63, 3.8) is 0 Å². The molecule has 0 N–H and O–H groups in total. The Hall–Kier alpha value is -1.27. The van der Waals surface area contributed by atoms with Crippen molar-refractivity contribution in [3.05, 3.63) is 34.9 Å². The Morgan fingerprint density at radius 1 is 0.842 bits per heavy atom. The Morgan fingerprint density at radius 2 is 1.26 bits per heavy atom. The summed E-state index contributed by atoms with van der Waals surface area (Å²) in [5.41, 5.74) is -5.99. The van der Waals surface area contributed by atoms with Gasteiger partial charge in [0.1, 0.15) is 0 Å². The van der Waals surface area contributed by atoms with Crippen molar-refractivity contribution in [1.29, 1.82) is 0 Å². The molecule has 0 nitrogen and oxygen atoms in total. The largest absolute Gasteiger partial charge is 0.432 e. The van der Waals surface area contributed by atoms with Gasteiger partial charge in [0.2, 0.25) is 0 Å². The minimum atomic E-state index is -5.93. The van der Waals surface area contributed by atoms with Crippen molar-refractivity contribution in [3.8, 4) is 0 Å². The van der Waals surface area contributed by atoms with E-state index in [4.69, 9.17) is 0 Å². The molecule has 0 radical (unpaired) electrons. The van der Waals surface area contributed by atoms with Crippen LogP contribution in [0.5, 0.6) is 0 Å². The molecule has 0 saturated carbocycles.